The molecule has 0 aromatic rings. The van der Waals surface area contributed by atoms with Gasteiger partial charge in [-0.25, -0.2) is 0 Å². The van der Waals surface area contributed by atoms with Gasteiger partial charge in [0.1, 0.15) is 13.2 Å². The highest BCUT2D eigenvalue weighted by molar-refractivity contribution is 7.52. The number of likely N-dealkylation sites (N-methyl/N-ethyl adjacent to an activating group) is 1. The first kappa shape index (κ1) is 21.1. The van der Waals surface area contributed by atoms with Gasteiger partial charge in [0.05, 0.1) is 27.3 Å². The van der Waals surface area contributed by atoms with Crippen molar-refractivity contribution in [2.24, 2.45) is 11.8 Å². The fraction of sp³-hybridized carbons (Fsp3) is 0.938. The van der Waals surface area contributed by atoms with Crippen LogP contribution in [0.25, 0.3) is 0 Å². The summed E-state index contributed by atoms with van der Waals surface area (Å²) in [6, 6.07) is 0. The number of rotatable bonds is 12. The lowest BCUT2D eigenvalue weighted by Crippen LogP contribution is -2.37. The highest BCUT2D eigenvalue weighted by Gasteiger charge is 2.23. The standard InChI is InChI=1S/C16H35NO3P/c1-15(2)10-8-7-9-11-16(3)14-21(18,19)20-13-12-17(4,5)6/h7,15-16H,8-14H2,1-6H3/p+1. The van der Waals surface area contributed by atoms with Gasteiger partial charge in [0.25, 0.3) is 0 Å². The normalized spacial score (nSPS) is 17.0. The lowest BCUT2D eigenvalue weighted by molar-refractivity contribution is -0.870. The van der Waals surface area contributed by atoms with E-state index in [0.29, 0.717) is 6.61 Å². The quantitative estimate of drug-likeness (QED) is 0.336. The van der Waals surface area contributed by atoms with Crippen LogP contribution in [0.3, 0.4) is 0 Å². The maximum absolute atomic E-state index is 12.0. The topological polar surface area (TPSA) is 46.5 Å². The monoisotopic (exact) mass is 321 g/mol. The van der Waals surface area contributed by atoms with Crippen LogP contribution in [-0.4, -0.2) is 49.8 Å². The minimum Gasteiger partial charge on any atom is -0.329 e. The summed E-state index contributed by atoms with van der Waals surface area (Å²) >= 11 is 0. The van der Waals surface area contributed by atoms with E-state index in [0.717, 1.165) is 36.2 Å². The van der Waals surface area contributed by atoms with Gasteiger partial charge >= 0.3 is 7.60 Å². The lowest BCUT2D eigenvalue weighted by atomic mass is 10.0. The number of hydrogen-bond donors (Lipinski definition) is 1. The van der Waals surface area contributed by atoms with Gasteiger partial charge in [-0.1, -0.05) is 27.2 Å². The highest BCUT2D eigenvalue weighted by Crippen LogP contribution is 2.44. The minimum absolute atomic E-state index is 0.222. The van der Waals surface area contributed by atoms with Crippen molar-refractivity contribution in [3.8, 4) is 0 Å². The molecule has 1 N–H and O–H groups in total. The second-order valence-corrected chi connectivity index (χ2v) is 9.51. The van der Waals surface area contributed by atoms with E-state index >= 15 is 0 Å². The summed E-state index contributed by atoms with van der Waals surface area (Å²) in [4.78, 5) is 9.87. The Labute approximate surface area is 132 Å². The molecule has 0 aromatic carbocycles. The van der Waals surface area contributed by atoms with Gasteiger partial charge in [-0.3, -0.25) is 4.57 Å². The predicted molar refractivity (Wildman–Crippen MR) is 90.3 cm³/mol. The molecule has 2 atom stereocenters. The fourth-order valence-electron chi connectivity index (χ4n) is 1.99. The van der Waals surface area contributed by atoms with Crippen molar-refractivity contribution in [3.63, 3.8) is 0 Å². The highest BCUT2D eigenvalue weighted by atomic mass is 31.2. The van der Waals surface area contributed by atoms with E-state index in [1.165, 1.54) is 6.42 Å². The maximum Gasteiger partial charge on any atom is 0.328 e. The molecule has 0 aliphatic carbocycles. The van der Waals surface area contributed by atoms with Crippen LogP contribution in [0.1, 0.15) is 46.5 Å². The molecule has 0 saturated heterocycles. The molecule has 0 aliphatic rings. The third kappa shape index (κ3) is 14.8. The first-order valence-corrected chi connectivity index (χ1v) is 9.86. The molecule has 0 aliphatic heterocycles. The fourth-order valence-corrected chi connectivity index (χ4v) is 3.44. The molecule has 0 saturated carbocycles. The van der Waals surface area contributed by atoms with Crippen molar-refractivity contribution in [2.45, 2.75) is 46.5 Å². The molecule has 4 nitrogen and oxygen atoms in total. The zero-order chi connectivity index (χ0) is 16.5. The van der Waals surface area contributed by atoms with E-state index in [4.69, 9.17) is 4.52 Å². The van der Waals surface area contributed by atoms with Gasteiger partial charge in [-0.2, -0.15) is 0 Å². The molecule has 0 spiro atoms. The molecule has 0 fully saturated rings. The zero-order valence-corrected chi connectivity index (χ0v) is 15.7. The molecule has 0 rings (SSSR count). The van der Waals surface area contributed by atoms with Crippen LogP contribution in [0.15, 0.2) is 0 Å². The molecule has 0 heterocycles. The van der Waals surface area contributed by atoms with Crippen molar-refractivity contribution in [3.05, 3.63) is 6.42 Å². The molecule has 5 heteroatoms. The first-order chi connectivity index (χ1) is 9.52. The Bertz CT molecular complexity index is 313. The number of quaternary nitrogens is 1. The second kappa shape index (κ2) is 9.99. The van der Waals surface area contributed by atoms with Crippen LogP contribution in [-0.2, 0) is 9.09 Å². The summed E-state index contributed by atoms with van der Waals surface area (Å²) in [5, 5.41) is 0. The van der Waals surface area contributed by atoms with E-state index < -0.39 is 7.60 Å². The third-order valence-corrected chi connectivity index (χ3v) is 5.08. The van der Waals surface area contributed by atoms with E-state index in [-0.39, 0.29) is 12.1 Å². The van der Waals surface area contributed by atoms with Gasteiger partial charge in [0.2, 0.25) is 0 Å². The number of hydrogen-bond acceptors (Lipinski definition) is 2. The molecule has 1 radical (unpaired) electrons. The smallest absolute Gasteiger partial charge is 0.328 e. The average molecular weight is 321 g/mol. The zero-order valence-electron chi connectivity index (χ0n) is 14.8. The molecule has 127 valence electrons. The Morgan fingerprint density at radius 3 is 2.24 bits per heavy atom. The molecule has 0 bridgehead atoms. The molecular formula is C16H36NO3P+. The Morgan fingerprint density at radius 1 is 1.14 bits per heavy atom. The summed E-state index contributed by atoms with van der Waals surface area (Å²) in [6.07, 6.45) is 6.91. The number of nitrogens with zero attached hydrogens (tertiary/aromatic N) is 1. The van der Waals surface area contributed by atoms with E-state index in [1.54, 1.807) is 0 Å². The Hall–Kier alpha value is 0.110. The van der Waals surface area contributed by atoms with Crippen molar-refractivity contribution in [1.29, 1.82) is 0 Å². The van der Waals surface area contributed by atoms with Gasteiger partial charge < -0.3 is 13.9 Å². The van der Waals surface area contributed by atoms with Crippen LogP contribution in [0.4, 0.5) is 0 Å². The summed E-state index contributed by atoms with van der Waals surface area (Å²) in [6.45, 7) is 7.56. The summed E-state index contributed by atoms with van der Waals surface area (Å²) in [5.74, 6) is 0.964. The van der Waals surface area contributed by atoms with Gasteiger partial charge in [0.15, 0.2) is 0 Å². The summed E-state index contributed by atoms with van der Waals surface area (Å²) < 4.78 is 18.0. The molecule has 2 unspecified atom stereocenters. The Morgan fingerprint density at radius 2 is 1.71 bits per heavy atom. The Kier molecular flexibility index (Phi) is 10.0. The van der Waals surface area contributed by atoms with Crippen molar-refractivity contribution >= 4 is 7.60 Å². The molecular weight excluding hydrogens is 285 g/mol. The molecule has 21 heavy (non-hydrogen) atoms. The van der Waals surface area contributed by atoms with Crippen LogP contribution >= 0.6 is 7.60 Å². The van der Waals surface area contributed by atoms with Crippen LogP contribution < -0.4 is 0 Å². The molecule has 0 aromatic heterocycles. The van der Waals surface area contributed by atoms with Crippen LogP contribution in [0.2, 0.25) is 0 Å². The third-order valence-electron chi connectivity index (χ3n) is 3.41. The van der Waals surface area contributed by atoms with Gasteiger partial charge in [0, 0.05) is 0 Å². The van der Waals surface area contributed by atoms with Crippen LogP contribution in [0, 0.1) is 18.3 Å². The first-order valence-electron chi connectivity index (χ1n) is 8.10. The maximum atomic E-state index is 12.0. The second-order valence-electron chi connectivity index (χ2n) is 7.61. The predicted octanol–water partition coefficient (Wildman–Crippen LogP) is 3.95. The van der Waals surface area contributed by atoms with Gasteiger partial charge in [-0.05, 0) is 37.5 Å². The van der Waals surface area contributed by atoms with Crippen molar-refractivity contribution < 1.29 is 18.5 Å². The van der Waals surface area contributed by atoms with Gasteiger partial charge in [-0.15, -0.1) is 0 Å². The lowest BCUT2D eigenvalue weighted by Gasteiger charge is -2.24. The summed E-state index contributed by atoms with van der Waals surface area (Å²) in [5.41, 5.74) is 0. The Balaban J connectivity index is 3.80. The summed E-state index contributed by atoms with van der Waals surface area (Å²) in [7, 11) is 2.70. The molecule has 0 amide bonds. The van der Waals surface area contributed by atoms with Crippen molar-refractivity contribution in [1.82, 2.24) is 0 Å². The largest absolute Gasteiger partial charge is 0.329 e. The minimum atomic E-state index is -3.43. The van der Waals surface area contributed by atoms with Crippen LogP contribution in [0.5, 0.6) is 0 Å². The SMILES string of the molecule is CC(C)CC[CH]CCC(C)CP(=O)(O)OCC[N+](C)(C)C. The average Bonchev–Trinajstić information content (AvgIpc) is 2.24. The van der Waals surface area contributed by atoms with E-state index in [2.05, 4.69) is 20.3 Å². The van der Waals surface area contributed by atoms with E-state index in [9.17, 15) is 9.46 Å². The van der Waals surface area contributed by atoms with E-state index in [1.807, 2.05) is 28.1 Å². The van der Waals surface area contributed by atoms with Crippen molar-refractivity contribution in [2.75, 3.05) is 40.5 Å². The number of unbranched alkanes of at least 4 members (excludes halogenated alkanes) is 2.